The fraction of sp³-hybridized carbons (Fsp3) is 0.238. The molecular formula is C21H21N3O4S. The van der Waals surface area contributed by atoms with Crippen molar-refractivity contribution in [3.63, 3.8) is 0 Å². The molecule has 0 radical (unpaired) electrons. The molecule has 0 spiro atoms. The zero-order chi connectivity index (χ0) is 20.8. The van der Waals surface area contributed by atoms with Crippen molar-refractivity contribution in [2.75, 3.05) is 19.0 Å². The zero-order valence-corrected chi connectivity index (χ0v) is 16.7. The maximum Gasteiger partial charge on any atom is 0.325 e. The van der Waals surface area contributed by atoms with Crippen LogP contribution in [0.5, 0.6) is 0 Å². The summed E-state index contributed by atoms with van der Waals surface area (Å²) in [6.07, 6.45) is -0.129. The lowest BCUT2D eigenvalue weighted by Crippen LogP contribution is -2.41. The molecule has 0 aliphatic carbocycles. The number of nitrogens with one attached hydrogen (secondary N) is 1. The predicted molar refractivity (Wildman–Crippen MR) is 112 cm³/mol. The summed E-state index contributed by atoms with van der Waals surface area (Å²) in [7, 11) is 1.27. The Morgan fingerprint density at radius 1 is 1.07 bits per heavy atom. The summed E-state index contributed by atoms with van der Waals surface area (Å²) in [5.41, 5.74) is 1.53. The molecule has 1 atom stereocenters. The molecule has 0 saturated carbocycles. The van der Waals surface area contributed by atoms with Gasteiger partial charge < -0.3 is 15.0 Å². The molecule has 150 valence electrons. The minimum Gasteiger partial charge on any atom is -0.468 e. The Morgan fingerprint density at radius 3 is 2.31 bits per heavy atom. The summed E-state index contributed by atoms with van der Waals surface area (Å²) in [5, 5.41) is 2.97. The predicted octanol–water partition coefficient (Wildman–Crippen LogP) is 2.19. The number of carbonyl (C=O) groups is 3. The van der Waals surface area contributed by atoms with Crippen LogP contribution in [0.3, 0.4) is 0 Å². The summed E-state index contributed by atoms with van der Waals surface area (Å²) in [5.74, 6) is -1.19. The first-order valence-corrected chi connectivity index (χ1v) is 9.48. The first kappa shape index (κ1) is 20.5. The van der Waals surface area contributed by atoms with Crippen LogP contribution in [0.2, 0.25) is 0 Å². The van der Waals surface area contributed by atoms with E-state index in [1.807, 2.05) is 36.4 Å². The maximum atomic E-state index is 13.1. The number of hydrogen-bond acceptors (Lipinski definition) is 5. The normalized spacial score (nSPS) is 16.1. The van der Waals surface area contributed by atoms with Gasteiger partial charge in [-0.1, -0.05) is 48.5 Å². The van der Waals surface area contributed by atoms with Gasteiger partial charge in [-0.25, -0.2) is 0 Å². The number of hydrogen-bond donors (Lipinski definition) is 1. The average Bonchev–Trinajstić information content (AvgIpc) is 2.94. The van der Waals surface area contributed by atoms with Crippen molar-refractivity contribution in [1.29, 1.82) is 0 Å². The summed E-state index contributed by atoms with van der Waals surface area (Å²) in [6.45, 7) is 0.0721. The number of para-hydroxylation sites is 1. The van der Waals surface area contributed by atoms with E-state index in [-0.39, 0.29) is 36.4 Å². The molecule has 2 amide bonds. The van der Waals surface area contributed by atoms with Gasteiger partial charge in [-0.05, 0) is 29.9 Å². The number of rotatable bonds is 7. The van der Waals surface area contributed by atoms with Crippen molar-refractivity contribution in [3.8, 4) is 0 Å². The highest BCUT2D eigenvalue weighted by molar-refractivity contribution is 7.80. The quantitative estimate of drug-likeness (QED) is 0.556. The number of anilines is 1. The highest BCUT2D eigenvalue weighted by atomic mass is 32.1. The van der Waals surface area contributed by atoms with Crippen LogP contribution < -0.4 is 5.32 Å². The van der Waals surface area contributed by atoms with Gasteiger partial charge in [-0.3, -0.25) is 19.3 Å². The Balaban J connectivity index is 1.77. The van der Waals surface area contributed by atoms with Crippen LogP contribution in [0, 0.1) is 0 Å². The number of esters is 1. The second-order valence-corrected chi connectivity index (χ2v) is 6.90. The monoisotopic (exact) mass is 411 g/mol. The largest absolute Gasteiger partial charge is 0.468 e. The highest BCUT2D eigenvalue weighted by Gasteiger charge is 2.44. The molecule has 3 rings (SSSR count). The van der Waals surface area contributed by atoms with Crippen molar-refractivity contribution in [3.05, 3.63) is 66.2 Å². The van der Waals surface area contributed by atoms with Crippen LogP contribution in [-0.2, 0) is 25.7 Å². The van der Waals surface area contributed by atoms with Gasteiger partial charge in [0.15, 0.2) is 5.11 Å². The fourth-order valence-electron chi connectivity index (χ4n) is 3.10. The number of benzene rings is 2. The molecule has 2 aromatic carbocycles. The molecule has 1 N–H and O–H groups in total. The number of nitrogens with zero attached hydrogens (tertiary/aromatic N) is 2. The van der Waals surface area contributed by atoms with Gasteiger partial charge >= 0.3 is 5.97 Å². The summed E-state index contributed by atoms with van der Waals surface area (Å²) < 4.78 is 4.73. The van der Waals surface area contributed by atoms with Crippen molar-refractivity contribution < 1.29 is 19.1 Å². The van der Waals surface area contributed by atoms with E-state index >= 15 is 0 Å². The van der Waals surface area contributed by atoms with E-state index in [4.69, 9.17) is 17.0 Å². The van der Waals surface area contributed by atoms with Gasteiger partial charge in [-0.2, -0.15) is 0 Å². The smallest absolute Gasteiger partial charge is 0.325 e. The lowest BCUT2D eigenvalue weighted by Gasteiger charge is -2.22. The Labute approximate surface area is 174 Å². The van der Waals surface area contributed by atoms with E-state index in [0.717, 1.165) is 5.56 Å². The molecule has 1 fully saturated rings. The van der Waals surface area contributed by atoms with Crippen LogP contribution in [-0.4, -0.2) is 52.4 Å². The number of methoxy groups -OCH3 is 1. The van der Waals surface area contributed by atoms with E-state index in [1.54, 1.807) is 24.3 Å². The topological polar surface area (TPSA) is 79.0 Å². The third-order valence-corrected chi connectivity index (χ3v) is 5.01. The number of thiocarbonyl (C=S) groups is 1. The highest BCUT2D eigenvalue weighted by Crippen LogP contribution is 2.23. The summed E-state index contributed by atoms with van der Waals surface area (Å²) in [6, 6.07) is 17.5. The fourth-order valence-corrected chi connectivity index (χ4v) is 3.44. The average molecular weight is 411 g/mol. The molecule has 8 heteroatoms. The molecule has 1 aliphatic rings. The molecule has 2 aromatic rings. The van der Waals surface area contributed by atoms with Crippen LogP contribution in [0.15, 0.2) is 60.7 Å². The Hall–Kier alpha value is -3.26. The van der Waals surface area contributed by atoms with Crippen molar-refractivity contribution in [2.24, 2.45) is 0 Å². The Morgan fingerprint density at radius 2 is 1.69 bits per heavy atom. The third kappa shape index (κ3) is 4.97. The number of ether oxygens (including phenoxy) is 1. The molecule has 1 aliphatic heterocycles. The SMILES string of the molecule is COC(=O)CN1C(=S)N(Cc2ccccc2)C(=O)C1CC(=O)Nc1ccccc1. The molecule has 1 unspecified atom stereocenters. The van der Waals surface area contributed by atoms with E-state index < -0.39 is 12.0 Å². The molecule has 7 nitrogen and oxygen atoms in total. The van der Waals surface area contributed by atoms with Crippen molar-refractivity contribution >= 4 is 40.8 Å². The number of amides is 2. The lowest BCUT2D eigenvalue weighted by atomic mass is 10.1. The van der Waals surface area contributed by atoms with Crippen molar-refractivity contribution in [1.82, 2.24) is 9.80 Å². The molecule has 1 saturated heterocycles. The minimum absolute atomic E-state index is 0.129. The van der Waals surface area contributed by atoms with Crippen molar-refractivity contribution in [2.45, 2.75) is 19.0 Å². The maximum absolute atomic E-state index is 13.1. The van der Waals surface area contributed by atoms with Crippen LogP contribution in [0.1, 0.15) is 12.0 Å². The first-order chi connectivity index (χ1) is 14.0. The van der Waals surface area contributed by atoms with Crippen LogP contribution >= 0.6 is 12.2 Å². The van der Waals surface area contributed by atoms with E-state index in [0.29, 0.717) is 5.69 Å². The van der Waals surface area contributed by atoms with Gasteiger partial charge in [-0.15, -0.1) is 0 Å². The molecule has 0 bridgehead atoms. The van der Waals surface area contributed by atoms with E-state index in [1.165, 1.54) is 16.9 Å². The lowest BCUT2D eigenvalue weighted by molar-refractivity contribution is -0.141. The van der Waals surface area contributed by atoms with E-state index in [9.17, 15) is 14.4 Å². The Bertz CT molecular complexity index is 905. The van der Waals surface area contributed by atoms with Gasteiger partial charge in [0.1, 0.15) is 12.6 Å². The second-order valence-electron chi connectivity index (χ2n) is 6.53. The van der Waals surface area contributed by atoms with E-state index in [2.05, 4.69) is 5.32 Å². The van der Waals surface area contributed by atoms with Crippen LogP contribution in [0.4, 0.5) is 5.69 Å². The molecule has 29 heavy (non-hydrogen) atoms. The third-order valence-electron chi connectivity index (χ3n) is 4.55. The standard InChI is InChI=1S/C21H21N3O4S/c1-28-19(26)14-23-17(12-18(25)22-16-10-6-3-7-11-16)20(27)24(21(23)29)13-15-8-4-2-5-9-15/h2-11,17H,12-14H2,1H3,(H,22,25). The van der Waals surface area contributed by atoms with Gasteiger partial charge in [0.2, 0.25) is 5.91 Å². The van der Waals surface area contributed by atoms with Gasteiger partial charge in [0.25, 0.3) is 5.91 Å². The summed E-state index contributed by atoms with van der Waals surface area (Å²) >= 11 is 5.46. The van der Waals surface area contributed by atoms with Crippen LogP contribution in [0.25, 0.3) is 0 Å². The first-order valence-electron chi connectivity index (χ1n) is 9.07. The Kier molecular flexibility index (Phi) is 6.56. The number of carbonyl (C=O) groups excluding carboxylic acids is 3. The minimum atomic E-state index is -0.867. The van der Waals surface area contributed by atoms with Gasteiger partial charge in [0.05, 0.1) is 20.1 Å². The molecule has 0 aromatic heterocycles. The molecular weight excluding hydrogens is 390 g/mol. The molecule has 1 heterocycles. The second kappa shape index (κ2) is 9.29. The summed E-state index contributed by atoms with van der Waals surface area (Å²) in [4.78, 5) is 40.3. The zero-order valence-electron chi connectivity index (χ0n) is 15.9. The van der Waals surface area contributed by atoms with Gasteiger partial charge in [0, 0.05) is 5.69 Å².